The summed E-state index contributed by atoms with van der Waals surface area (Å²) in [5.74, 6) is 0.352. The van der Waals surface area contributed by atoms with Gasteiger partial charge in [0.05, 0.1) is 11.9 Å². The number of hydrogen-bond donors (Lipinski definition) is 0. The maximum absolute atomic E-state index is 4.79. The zero-order chi connectivity index (χ0) is 16.4. The molecule has 0 fully saturated rings. The second-order valence-electron chi connectivity index (χ2n) is 6.77. The second-order valence-corrected chi connectivity index (χ2v) is 6.77. The Balaban J connectivity index is 1.75. The van der Waals surface area contributed by atoms with Gasteiger partial charge in [0.25, 0.3) is 0 Å². The van der Waals surface area contributed by atoms with Gasteiger partial charge in [-0.1, -0.05) is 13.0 Å². The van der Waals surface area contributed by atoms with Crippen LogP contribution >= 0.6 is 0 Å². The molecule has 0 bridgehead atoms. The van der Waals surface area contributed by atoms with Gasteiger partial charge in [-0.15, -0.1) is 0 Å². The Labute approximate surface area is 138 Å². The van der Waals surface area contributed by atoms with Gasteiger partial charge < -0.3 is 4.90 Å². The number of benzene rings is 1. The third-order valence-corrected chi connectivity index (χ3v) is 4.69. The summed E-state index contributed by atoms with van der Waals surface area (Å²) in [4.78, 5) is 7.16. The smallest absolute Gasteiger partial charge is 0.0678 e. The molecule has 1 aromatic heterocycles. The SMILES string of the molecule is Cc1cnn(CC(C)/C=N/c2cccc3c2CCC(C)N3C)c1. The van der Waals surface area contributed by atoms with Gasteiger partial charge in [0.2, 0.25) is 0 Å². The van der Waals surface area contributed by atoms with E-state index in [0.29, 0.717) is 12.0 Å². The van der Waals surface area contributed by atoms with E-state index in [0.717, 1.165) is 18.7 Å². The molecule has 0 aliphatic carbocycles. The highest BCUT2D eigenvalue weighted by atomic mass is 15.3. The summed E-state index contributed by atoms with van der Waals surface area (Å²) in [6.07, 6.45) is 8.34. The maximum atomic E-state index is 4.79. The molecule has 0 saturated carbocycles. The molecule has 1 aromatic carbocycles. The van der Waals surface area contributed by atoms with Crippen LogP contribution < -0.4 is 4.90 Å². The molecule has 4 nitrogen and oxygen atoms in total. The summed E-state index contributed by atoms with van der Waals surface area (Å²) < 4.78 is 1.99. The Hall–Kier alpha value is -2.10. The first-order valence-corrected chi connectivity index (χ1v) is 8.42. The molecule has 0 amide bonds. The average Bonchev–Trinajstić information content (AvgIpc) is 2.94. The highest BCUT2D eigenvalue weighted by Gasteiger charge is 2.21. The van der Waals surface area contributed by atoms with Gasteiger partial charge in [0, 0.05) is 49.2 Å². The molecule has 1 aliphatic rings. The number of rotatable bonds is 4. The molecule has 1 aliphatic heterocycles. The molecule has 2 atom stereocenters. The van der Waals surface area contributed by atoms with Crippen molar-refractivity contribution in [1.82, 2.24) is 9.78 Å². The molecule has 2 heterocycles. The van der Waals surface area contributed by atoms with Crippen molar-refractivity contribution < 1.29 is 0 Å². The number of nitrogens with zero attached hydrogens (tertiary/aromatic N) is 4. The number of aryl methyl sites for hydroxylation is 1. The largest absolute Gasteiger partial charge is 0.372 e. The predicted molar refractivity (Wildman–Crippen MR) is 96.9 cm³/mol. The first-order chi connectivity index (χ1) is 11.0. The number of aromatic nitrogens is 2. The molecule has 0 N–H and O–H groups in total. The van der Waals surface area contributed by atoms with Crippen LogP contribution in [0, 0.1) is 12.8 Å². The van der Waals surface area contributed by atoms with Crippen LogP contribution in [0.15, 0.2) is 35.6 Å². The Morgan fingerprint density at radius 1 is 1.43 bits per heavy atom. The van der Waals surface area contributed by atoms with Crippen LogP contribution in [-0.4, -0.2) is 29.1 Å². The van der Waals surface area contributed by atoms with Gasteiger partial charge in [0.1, 0.15) is 0 Å². The van der Waals surface area contributed by atoms with Gasteiger partial charge in [-0.05, 0) is 44.4 Å². The van der Waals surface area contributed by atoms with E-state index in [9.17, 15) is 0 Å². The van der Waals surface area contributed by atoms with Crippen molar-refractivity contribution in [3.8, 4) is 0 Å². The molecule has 0 spiro atoms. The lowest BCUT2D eigenvalue weighted by molar-refractivity contribution is 0.547. The van der Waals surface area contributed by atoms with Crippen LogP contribution in [0.4, 0.5) is 11.4 Å². The van der Waals surface area contributed by atoms with E-state index in [1.54, 1.807) is 0 Å². The van der Waals surface area contributed by atoms with Crippen LogP contribution in [0.25, 0.3) is 0 Å². The number of aliphatic imine (C=N–C) groups is 1. The Morgan fingerprint density at radius 3 is 3.00 bits per heavy atom. The fourth-order valence-corrected chi connectivity index (χ4v) is 3.17. The molecule has 0 radical (unpaired) electrons. The second kappa shape index (κ2) is 6.57. The van der Waals surface area contributed by atoms with Crippen molar-refractivity contribution in [3.63, 3.8) is 0 Å². The third-order valence-electron chi connectivity index (χ3n) is 4.69. The summed E-state index contributed by atoms with van der Waals surface area (Å²) in [6.45, 7) is 7.40. The molecule has 122 valence electrons. The van der Waals surface area contributed by atoms with E-state index in [1.165, 1.54) is 23.2 Å². The summed E-state index contributed by atoms with van der Waals surface area (Å²) in [5.41, 5.74) is 5.02. The summed E-state index contributed by atoms with van der Waals surface area (Å²) >= 11 is 0. The van der Waals surface area contributed by atoms with Crippen molar-refractivity contribution in [2.75, 3.05) is 11.9 Å². The van der Waals surface area contributed by atoms with Crippen LogP contribution in [0.2, 0.25) is 0 Å². The van der Waals surface area contributed by atoms with Gasteiger partial charge in [-0.2, -0.15) is 5.10 Å². The van der Waals surface area contributed by atoms with Crippen molar-refractivity contribution in [1.29, 1.82) is 0 Å². The number of hydrogen-bond acceptors (Lipinski definition) is 3. The lowest BCUT2D eigenvalue weighted by Gasteiger charge is -2.34. The zero-order valence-corrected chi connectivity index (χ0v) is 14.5. The van der Waals surface area contributed by atoms with Gasteiger partial charge in [-0.3, -0.25) is 9.67 Å². The number of anilines is 1. The Morgan fingerprint density at radius 2 is 2.26 bits per heavy atom. The third kappa shape index (κ3) is 3.46. The van der Waals surface area contributed by atoms with E-state index in [1.807, 2.05) is 10.9 Å². The minimum absolute atomic E-state index is 0.352. The average molecular weight is 310 g/mol. The quantitative estimate of drug-likeness (QED) is 0.800. The minimum Gasteiger partial charge on any atom is -0.372 e. The van der Waals surface area contributed by atoms with Gasteiger partial charge in [0.15, 0.2) is 0 Å². The van der Waals surface area contributed by atoms with Crippen molar-refractivity contribution in [3.05, 3.63) is 41.7 Å². The lowest BCUT2D eigenvalue weighted by Crippen LogP contribution is -2.33. The highest BCUT2D eigenvalue weighted by Crippen LogP contribution is 2.35. The molecular formula is C19H26N4. The van der Waals surface area contributed by atoms with Gasteiger partial charge >= 0.3 is 0 Å². The van der Waals surface area contributed by atoms with E-state index < -0.39 is 0 Å². The molecule has 0 saturated heterocycles. The first-order valence-electron chi connectivity index (χ1n) is 8.42. The van der Waals surface area contributed by atoms with Crippen LogP contribution in [-0.2, 0) is 13.0 Å². The Bertz CT molecular complexity index is 701. The van der Waals surface area contributed by atoms with E-state index >= 15 is 0 Å². The normalized spacial score (nSPS) is 19.1. The molecule has 23 heavy (non-hydrogen) atoms. The first kappa shape index (κ1) is 15.8. The summed E-state index contributed by atoms with van der Waals surface area (Å²) in [7, 11) is 2.18. The topological polar surface area (TPSA) is 33.4 Å². The molecular weight excluding hydrogens is 284 g/mol. The van der Waals surface area contributed by atoms with Crippen molar-refractivity contribution in [2.24, 2.45) is 10.9 Å². The monoisotopic (exact) mass is 310 g/mol. The fraction of sp³-hybridized carbons (Fsp3) is 0.474. The molecule has 4 heteroatoms. The minimum atomic E-state index is 0.352. The van der Waals surface area contributed by atoms with Gasteiger partial charge in [-0.25, -0.2) is 0 Å². The van der Waals surface area contributed by atoms with Crippen LogP contribution in [0.5, 0.6) is 0 Å². The van der Waals surface area contributed by atoms with Crippen molar-refractivity contribution in [2.45, 2.75) is 46.2 Å². The van der Waals surface area contributed by atoms with Crippen molar-refractivity contribution >= 4 is 17.6 Å². The summed E-state index contributed by atoms with van der Waals surface area (Å²) in [5, 5.41) is 4.35. The summed E-state index contributed by atoms with van der Waals surface area (Å²) in [6, 6.07) is 7.05. The van der Waals surface area contributed by atoms with E-state index in [-0.39, 0.29) is 0 Å². The zero-order valence-electron chi connectivity index (χ0n) is 14.5. The van der Waals surface area contributed by atoms with E-state index in [4.69, 9.17) is 4.99 Å². The lowest BCUT2D eigenvalue weighted by atomic mass is 9.96. The molecule has 3 rings (SSSR count). The maximum Gasteiger partial charge on any atom is 0.0678 e. The fourth-order valence-electron chi connectivity index (χ4n) is 3.17. The van der Waals surface area contributed by atoms with E-state index in [2.05, 4.69) is 68.4 Å². The highest BCUT2D eigenvalue weighted by molar-refractivity contribution is 5.72. The number of fused-ring (bicyclic) bond motifs is 1. The van der Waals surface area contributed by atoms with Crippen LogP contribution in [0.1, 0.15) is 31.4 Å². The molecule has 2 unspecified atom stereocenters. The molecule has 2 aromatic rings. The predicted octanol–water partition coefficient (Wildman–Crippen LogP) is 4.00. The standard InChI is InChI=1S/C19H26N4/c1-14(12-23-13-15(2)11-21-23)10-20-18-6-5-7-19-17(18)9-8-16(3)22(19)4/h5-7,10-11,13-14,16H,8-9,12H2,1-4H3/b20-10+. The van der Waals surface area contributed by atoms with Crippen LogP contribution in [0.3, 0.4) is 0 Å². The Kier molecular flexibility index (Phi) is 4.51.